The number of aromatic nitrogens is 1. The van der Waals surface area contributed by atoms with Crippen LogP contribution < -0.4 is 10.3 Å². The number of esters is 2. The lowest BCUT2D eigenvalue weighted by molar-refractivity contribution is -0.596. The summed E-state index contributed by atoms with van der Waals surface area (Å²) in [7, 11) is 0. The molecule has 134 valence electrons. The van der Waals surface area contributed by atoms with Crippen LogP contribution >= 0.6 is 23.1 Å². The van der Waals surface area contributed by atoms with Gasteiger partial charge < -0.3 is 15.2 Å². The van der Waals surface area contributed by atoms with Crippen LogP contribution in [0.5, 0.6) is 0 Å². The summed E-state index contributed by atoms with van der Waals surface area (Å²) in [4.78, 5) is 24.2. The Balaban J connectivity index is 2.40. The summed E-state index contributed by atoms with van der Waals surface area (Å²) >= 11 is 2.53. The number of nitrogens with zero attached hydrogens (tertiary/aromatic N) is 1. The van der Waals surface area contributed by atoms with Crippen LogP contribution in [-0.4, -0.2) is 30.9 Å². The minimum atomic E-state index is -0.457. The fourth-order valence-corrected chi connectivity index (χ4v) is 4.27. The van der Waals surface area contributed by atoms with Crippen molar-refractivity contribution in [2.24, 2.45) is 0 Å². The third kappa shape index (κ3) is 4.73. The summed E-state index contributed by atoms with van der Waals surface area (Å²) in [5, 5.41) is 0. The highest BCUT2D eigenvalue weighted by Gasteiger charge is 2.29. The molecule has 0 aliphatic heterocycles. The molecule has 0 atom stereocenters. The topological polar surface area (TPSA) is 82.5 Å². The summed E-state index contributed by atoms with van der Waals surface area (Å²) in [5.41, 5.74) is 8.37. The first kappa shape index (κ1) is 19.3. The average molecular weight is 381 g/mol. The van der Waals surface area contributed by atoms with E-state index in [9.17, 15) is 9.59 Å². The molecular formula is C17H21N2O4S2+. The van der Waals surface area contributed by atoms with Crippen molar-refractivity contribution in [1.29, 1.82) is 0 Å². The van der Waals surface area contributed by atoms with Gasteiger partial charge in [-0.25, -0.2) is 4.79 Å². The number of thioether (sulfide) groups is 1. The minimum absolute atomic E-state index is 0.148. The van der Waals surface area contributed by atoms with E-state index in [1.807, 2.05) is 36.0 Å². The van der Waals surface area contributed by atoms with Crippen LogP contribution in [0.1, 0.15) is 29.1 Å². The van der Waals surface area contributed by atoms with Gasteiger partial charge in [0.2, 0.25) is 0 Å². The van der Waals surface area contributed by atoms with Gasteiger partial charge in [0.25, 0.3) is 5.69 Å². The Hall–Kier alpha value is -2.06. The molecule has 2 heterocycles. The van der Waals surface area contributed by atoms with Crippen molar-refractivity contribution in [3.05, 3.63) is 35.0 Å². The lowest BCUT2D eigenvalue weighted by Crippen LogP contribution is -2.30. The van der Waals surface area contributed by atoms with Crippen LogP contribution in [0.25, 0.3) is 5.69 Å². The predicted octanol–water partition coefficient (Wildman–Crippen LogP) is 2.75. The second-order valence-corrected chi connectivity index (χ2v) is 7.34. The molecule has 2 aromatic rings. The number of hydrogen-bond donors (Lipinski definition) is 1. The summed E-state index contributed by atoms with van der Waals surface area (Å²) in [6.07, 6.45) is 3.74. The molecular weight excluding hydrogens is 360 g/mol. The normalized spacial score (nSPS) is 10.5. The molecule has 6 nitrogen and oxygen atoms in total. The smallest absolute Gasteiger partial charge is 0.350 e. The molecule has 0 bridgehead atoms. The molecule has 2 rings (SSSR count). The zero-order valence-electron chi connectivity index (χ0n) is 14.4. The summed E-state index contributed by atoms with van der Waals surface area (Å²) in [6.45, 7) is 6.10. The minimum Gasteiger partial charge on any atom is -0.465 e. The van der Waals surface area contributed by atoms with Crippen LogP contribution in [0, 0.1) is 6.92 Å². The molecule has 0 aliphatic rings. The Kier molecular flexibility index (Phi) is 6.83. The highest BCUT2D eigenvalue weighted by molar-refractivity contribution is 8.01. The lowest BCUT2D eigenvalue weighted by Gasteiger charge is -2.02. The van der Waals surface area contributed by atoms with E-state index in [0.717, 1.165) is 9.77 Å². The molecule has 0 fully saturated rings. The van der Waals surface area contributed by atoms with Gasteiger partial charge in [-0.1, -0.05) is 11.8 Å². The summed E-state index contributed by atoms with van der Waals surface area (Å²) in [6, 6.07) is 3.89. The molecule has 0 radical (unpaired) electrons. The van der Waals surface area contributed by atoms with E-state index in [-0.39, 0.29) is 18.3 Å². The molecule has 0 aromatic carbocycles. The number of carbonyl (C=O) groups excluding carboxylic acids is 2. The van der Waals surface area contributed by atoms with E-state index in [1.54, 1.807) is 13.8 Å². The SMILES string of the molecule is CCOC(=O)CSc1sc(C(=O)OCC)c(N)c1-[n+]1ccc(C)cc1. The van der Waals surface area contributed by atoms with Gasteiger partial charge in [0.15, 0.2) is 12.4 Å². The average Bonchev–Trinajstić information content (AvgIpc) is 2.91. The largest absolute Gasteiger partial charge is 0.465 e. The standard InChI is InChI=1S/C17H20N2O4S2/c1-4-22-12(20)10-24-17-14(19-8-6-11(3)7-9-19)13(18)15(25-17)16(21)23-5-2/h6-9H,4-5,10H2,1-3H3,(H-,18,21)/p+1. The fourth-order valence-electron chi connectivity index (χ4n) is 2.08. The predicted molar refractivity (Wildman–Crippen MR) is 98.3 cm³/mol. The molecule has 0 unspecified atom stereocenters. The van der Waals surface area contributed by atoms with Gasteiger partial charge in [-0.3, -0.25) is 4.79 Å². The number of hydrogen-bond acceptors (Lipinski definition) is 7. The fraction of sp³-hybridized carbons (Fsp3) is 0.353. The highest BCUT2D eigenvalue weighted by atomic mass is 32.2. The number of carbonyl (C=O) groups is 2. The molecule has 25 heavy (non-hydrogen) atoms. The van der Waals surface area contributed by atoms with E-state index in [2.05, 4.69) is 0 Å². The monoisotopic (exact) mass is 381 g/mol. The van der Waals surface area contributed by atoms with Crippen molar-refractivity contribution in [2.75, 3.05) is 24.7 Å². The van der Waals surface area contributed by atoms with Crippen molar-refractivity contribution in [1.82, 2.24) is 0 Å². The van der Waals surface area contributed by atoms with Gasteiger partial charge >= 0.3 is 11.9 Å². The van der Waals surface area contributed by atoms with Crippen LogP contribution in [-0.2, 0) is 14.3 Å². The Morgan fingerprint density at radius 2 is 1.84 bits per heavy atom. The second kappa shape index (κ2) is 8.87. The molecule has 0 saturated heterocycles. The number of thiophene rings is 1. The summed E-state index contributed by atoms with van der Waals surface area (Å²) in [5.74, 6) is -0.617. The van der Waals surface area contributed by atoms with Crippen molar-refractivity contribution in [3.63, 3.8) is 0 Å². The molecule has 2 aromatic heterocycles. The van der Waals surface area contributed by atoms with Crippen LogP contribution in [0.4, 0.5) is 5.69 Å². The van der Waals surface area contributed by atoms with E-state index in [4.69, 9.17) is 15.2 Å². The quantitative estimate of drug-likeness (QED) is 0.451. The Labute approximate surface area is 154 Å². The number of nitrogens with two attached hydrogens (primary N) is 1. The molecule has 2 N–H and O–H groups in total. The van der Waals surface area contributed by atoms with Gasteiger partial charge in [-0.15, -0.1) is 11.3 Å². The zero-order valence-corrected chi connectivity index (χ0v) is 16.0. The van der Waals surface area contributed by atoms with E-state index in [0.29, 0.717) is 22.9 Å². The number of ether oxygens (including phenoxy) is 2. The highest BCUT2D eigenvalue weighted by Crippen LogP contribution is 2.39. The maximum atomic E-state index is 12.2. The molecule has 0 spiro atoms. The first-order valence-corrected chi connectivity index (χ1v) is 9.64. The van der Waals surface area contributed by atoms with Crippen molar-refractivity contribution in [2.45, 2.75) is 25.0 Å². The molecule has 0 aliphatic carbocycles. The van der Waals surface area contributed by atoms with Gasteiger partial charge in [0.1, 0.15) is 14.8 Å². The molecule has 0 amide bonds. The van der Waals surface area contributed by atoms with Crippen molar-refractivity contribution in [3.8, 4) is 5.69 Å². The Morgan fingerprint density at radius 3 is 2.44 bits per heavy atom. The van der Waals surface area contributed by atoms with E-state index < -0.39 is 5.97 Å². The summed E-state index contributed by atoms with van der Waals surface area (Å²) < 4.78 is 12.6. The van der Waals surface area contributed by atoms with Crippen LogP contribution in [0.15, 0.2) is 28.7 Å². The first-order chi connectivity index (χ1) is 12.0. The van der Waals surface area contributed by atoms with Crippen molar-refractivity contribution < 1.29 is 23.6 Å². The maximum absolute atomic E-state index is 12.2. The van der Waals surface area contributed by atoms with Gasteiger partial charge in [0.05, 0.1) is 19.0 Å². The maximum Gasteiger partial charge on any atom is 0.350 e. The molecule has 8 heteroatoms. The Bertz CT molecular complexity index is 757. The number of anilines is 1. The number of rotatable bonds is 7. The lowest BCUT2D eigenvalue weighted by atomic mass is 10.3. The number of nitrogen functional groups attached to an aromatic ring is 1. The van der Waals surface area contributed by atoms with Gasteiger partial charge in [-0.05, 0) is 26.3 Å². The van der Waals surface area contributed by atoms with Gasteiger partial charge in [0, 0.05) is 12.1 Å². The third-order valence-corrected chi connectivity index (χ3v) is 5.64. The van der Waals surface area contributed by atoms with Crippen molar-refractivity contribution >= 4 is 40.7 Å². The number of pyridine rings is 1. The van der Waals surface area contributed by atoms with E-state index >= 15 is 0 Å². The zero-order chi connectivity index (χ0) is 18.4. The van der Waals surface area contributed by atoms with Crippen LogP contribution in [0.2, 0.25) is 0 Å². The van der Waals surface area contributed by atoms with Crippen LogP contribution in [0.3, 0.4) is 0 Å². The van der Waals surface area contributed by atoms with Gasteiger partial charge in [-0.2, -0.15) is 4.57 Å². The van der Waals surface area contributed by atoms with E-state index in [1.165, 1.54) is 23.1 Å². The first-order valence-electron chi connectivity index (χ1n) is 7.84. The number of aryl methyl sites for hydroxylation is 1. The molecule has 0 saturated carbocycles. The Morgan fingerprint density at radius 1 is 1.20 bits per heavy atom. The second-order valence-electron chi connectivity index (χ2n) is 5.08. The third-order valence-electron chi connectivity index (χ3n) is 3.23.